The molecule has 0 saturated heterocycles. The molecule has 2 aromatic carbocycles. The Hall–Kier alpha value is -1.65. The molecule has 0 saturated carbocycles. The van der Waals surface area contributed by atoms with Crippen molar-refractivity contribution in [1.29, 1.82) is 0 Å². The minimum atomic E-state index is -3.66. The third-order valence-corrected chi connectivity index (χ3v) is 7.16. The Balaban J connectivity index is 2.58. The minimum Gasteiger partial charge on any atom is -0.387 e. The number of hydrogen-bond donors (Lipinski definition) is 1. The first kappa shape index (κ1) is 16.7. The molecule has 0 aliphatic carbocycles. The van der Waals surface area contributed by atoms with Gasteiger partial charge in [-0.05, 0) is 30.5 Å². The molecule has 0 aliphatic rings. The van der Waals surface area contributed by atoms with E-state index >= 15 is 0 Å². The van der Waals surface area contributed by atoms with Gasteiger partial charge in [-0.2, -0.15) is 0 Å². The Labute approximate surface area is 132 Å². The molecule has 1 atom stereocenters. The van der Waals surface area contributed by atoms with Crippen LogP contribution in [0.25, 0.3) is 0 Å². The molecule has 0 heterocycles. The highest BCUT2D eigenvalue weighted by Gasteiger charge is 2.48. The largest absolute Gasteiger partial charge is 0.387 e. The molecule has 2 aromatic rings. The predicted molar refractivity (Wildman–Crippen MR) is 88.3 cm³/mol. The second kappa shape index (κ2) is 6.63. The smallest absolute Gasteiger partial charge is 0.186 e. The van der Waals surface area contributed by atoms with Crippen LogP contribution in [0.3, 0.4) is 0 Å². The summed E-state index contributed by atoms with van der Waals surface area (Å²) in [6.45, 7) is 3.63. The number of hydrogen-bond acceptors (Lipinski definition) is 3. The first-order chi connectivity index (χ1) is 10.5. The van der Waals surface area contributed by atoms with Gasteiger partial charge in [-0.25, -0.2) is 8.42 Å². The van der Waals surface area contributed by atoms with Gasteiger partial charge in [0.2, 0.25) is 0 Å². The first-order valence-corrected chi connectivity index (χ1v) is 9.00. The van der Waals surface area contributed by atoms with Crippen molar-refractivity contribution >= 4 is 9.84 Å². The van der Waals surface area contributed by atoms with E-state index in [2.05, 4.69) is 0 Å². The molecule has 1 N–H and O–H groups in total. The zero-order valence-electron chi connectivity index (χ0n) is 12.9. The summed E-state index contributed by atoms with van der Waals surface area (Å²) >= 11 is 0. The number of sulfone groups is 1. The summed E-state index contributed by atoms with van der Waals surface area (Å²) in [5.41, 5.74) is 0.630. The molecule has 3 nitrogen and oxygen atoms in total. The standard InChI is InChI=1S/C18H22O3S/c1-3-18(4-2,17(19)15-11-7-5-8-12-15)22(20,21)16-13-9-6-10-14-16/h5-14,17,19H,3-4H2,1-2H3/t17-/m0/s1. The summed E-state index contributed by atoms with van der Waals surface area (Å²) in [5.74, 6) is 0. The van der Waals surface area contributed by atoms with Gasteiger partial charge in [-0.1, -0.05) is 62.4 Å². The van der Waals surface area contributed by atoms with Crippen molar-refractivity contribution < 1.29 is 13.5 Å². The van der Waals surface area contributed by atoms with Crippen LogP contribution in [0.1, 0.15) is 38.4 Å². The van der Waals surface area contributed by atoms with Crippen LogP contribution in [0.4, 0.5) is 0 Å². The lowest BCUT2D eigenvalue weighted by molar-refractivity contribution is 0.118. The fourth-order valence-corrected chi connectivity index (χ4v) is 5.11. The van der Waals surface area contributed by atoms with Crippen molar-refractivity contribution in [1.82, 2.24) is 0 Å². The highest BCUT2D eigenvalue weighted by molar-refractivity contribution is 7.92. The SMILES string of the molecule is CCC(CC)([C@@H](O)c1ccccc1)S(=O)(=O)c1ccccc1. The quantitative estimate of drug-likeness (QED) is 0.882. The van der Waals surface area contributed by atoms with Gasteiger partial charge < -0.3 is 5.11 Å². The molecule has 0 aromatic heterocycles. The highest BCUT2D eigenvalue weighted by atomic mass is 32.2. The predicted octanol–water partition coefficient (Wildman–Crippen LogP) is 3.75. The number of aliphatic hydroxyl groups excluding tert-OH is 1. The second-order valence-electron chi connectivity index (χ2n) is 5.40. The molecule has 0 spiro atoms. The van der Waals surface area contributed by atoms with Crippen molar-refractivity contribution in [2.24, 2.45) is 0 Å². The molecule has 22 heavy (non-hydrogen) atoms. The molecule has 0 radical (unpaired) electrons. The van der Waals surface area contributed by atoms with E-state index in [0.717, 1.165) is 0 Å². The van der Waals surface area contributed by atoms with Gasteiger partial charge in [0.25, 0.3) is 0 Å². The summed E-state index contributed by atoms with van der Waals surface area (Å²) in [4.78, 5) is 0.258. The van der Waals surface area contributed by atoms with Crippen LogP contribution in [0, 0.1) is 0 Å². The van der Waals surface area contributed by atoms with Crippen LogP contribution in [-0.2, 0) is 9.84 Å². The Morgan fingerprint density at radius 1 is 0.909 bits per heavy atom. The fourth-order valence-electron chi connectivity index (χ4n) is 2.94. The Morgan fingerprint density at radius 3 is 1.82 bits per heavy atom. The van der Waals surface area contributed by atoms with Gasteiger partial charge in [0.1, 0.15) is 4.75 Å². The van der Waals surface area contributed by atoms with E-state index < -0.39 is 20.7 Å². The van der Waals surface area contributed by atoms with Crippen molar-refractivity contribution in [2.45, 2.75) is 42.4 Å². The van der Waals surface area contributed by atoms with E-state index in [1.54, 1.807) is 42.5 Å². The lowest BCUT2D eigenvalue weighted by atomic mass is 9.90. The number of rotatable bonds is 6. The van der Waals surface area contributed by atoms with E-state index in [9.17, 15) is 13.5 Å². The van der Waals surface area contributed by atoms with E-state index in [0.29, 0.717) is 18.4 Å². The third kappa shape index (κ3) is 2.69. The first-order valence-electron chi connectivity index (χ1n) is 7.52. The fraction of sp³-hybridized carbons (Fsp3) is 0.333. The third-order valence-electron chi connectivity index (χ3n) is 4.40. The van der Waals surface area contributed by atoms with Crippen molar-refractivity contribution in [3.63, 3.8) is 0 Å². The van der Waals surface area contributed by atoms with Crippen molar-refractivity contribution in [2.75, 3.05) is 0 Å². The molecule has 0 aliphatic heterocycles. The van der Waals surface area contributed by atoms with E-state index in [4.69, 9.17) is 0 Å². The molecule has 0 amide bonds. The zero-order valence-corrected chi connectivity index (χ0v) is 13.8. The van der Waals surface area contributed by atoms with Crippen molar-refractivity contribution in [3.8, 4) is 0 Å². The summed E-state index contributed by atoms with van der Waals surface area (Å²) in [6, 6.07) is 17.4. The molecule has 4 heteroatoms. The topological polar surface area (TPSA) is 54.4 Å². The van der Waals surface area contributed by atoms with E-state index in [1.807, 2.05) is 32.0 Å². The number of aliphatic hydroxyl groups is 1. The van der Waals surface area contributed by atoms with Gasteiger partial charge in [0, 0.05) is 0 Å². The zero-order chi connectivity index (χ0) is 16.2. The van der Waals surface area contributed by atoms with Gasteiger partial charge >= 0.3 is 0 Å². The molecular formula is C18H22O3S. The van der Waals surface area contributed by atoms with Crippen LogP contribution < -0.4 is 0 Å². The molecule has 118 valence electrons. The monoisotopic (exact) mass is 318 g/mol. The van der Waals surface area contributed by atoms with Crippen LogP contribution in [0.15, 0.2) is 65.6 Å². The Kier molecular flexibility index (Phi) is 5.04. The van der Waals surface area contributed by atoms with Gasteiger partial charge in [0.05, 0.1) is 11.0 Å². The van der Waals surface area contributed by atoms with Crippen LogP contribution in [-0.4, -0.2) is 18.3 Å². The van der Waals surface area contributed by atoms with E-state index in [1.165, 1.54) is 0 Å². The van der Waals surface area contributed by atoms with Crippen LogP contribution >= 0.6 is 0 Å². The average molecular weight is 318 g/mol. The highest BCUT2D eigenvalue weighted by Crippen LogP contribution is 2.42. The Morgan fingerprint density at radius 2 is 1.36 bits per heavy atom. The summed E-state index contributed by atoms with van der Waals surface area (Å²) in [6.07, 6.45) is -0.373. The van der Waals surface area contributed by atoms with Gasteiger partial charge in [-0.15, -0.1) is 0 Å². The summed E-state index contributed by atoms with van der Waals surface area (Å²) in [5, 5.41) is 10.8. The average Bonchev–Trinajstić information content (AvgIpc) is 2.57. The van der Waals surface area contributed by atoms with Crippen LogP contribution in [0.2, 0.25) is 0 Å². The number of benzene rings is 2. The Bertz CT molecular complexity index is 690. The maximum Gasteiger partial charge on any atom is 0.186 e. The maximum atomic E-state index is 13.2. The second-order valence-corrected chi connectivity index (χ2v) is 7.69. The van der Waals surface area contributed by atoms with Gasteiger partial charge in [0.15, 0.2) is 9.84 Å². The molecule has 0 bridgehead atoms. The molecule has 2 rings (SSSR count). The maximum absolute atomic E-state index is 13.2. The molecule has 0 fully saturated rings. The lowest BCUT2D eigenvalue weighted by Gasteiger charge is -2.36. The minimum absolute atomic E-state index is 0.258. The van der Waals surface area contributed by atoms with Crippen molar-refractivity contribution in [3.05, 3.63) is 66.2 Å². The molecular weight excluding hydrogens is 296 g/mol. The summed E-state index contributed by atoms with van der Waals surface area (Å²) < 4.78 is 25.1. The normalized spacial score (nSPS) is 13.8. The van der Waals surface area contributed by atoms with E-state index in [-0.39, 0.29) is 4.90 Å². The van der Waals surface area contributed by atoms with Gasteiger partial charge in [-0.3, -0.25) is 0 Å². The lowest BCUT2D eigenvalue weighted by Crippen LogP contribution is -2.43. The molecule has 0 unspecified atom stereocenters. The summed E-state index contributed by atoms with van der Waals surface area (Å²) in [7, 11) is -3.66. The van der Waals surface area contributed by atoms with Crippen LogP contribution in [0.5, 0.6) is 0 Å².